The fourth-order valence-electron chi connectivity index (χ4n) is 2.49. The van der Waals surface area contributed by atoms with Crippen molar-refractivity contribution in [3.8, 4) is 0 Å². The number of aromatic nitrogens is 2. The largest absolute Gasteiger partial charge is 0.379 e. The van der Waals surface area contributed by atoms with Crippen LogP contribution in [0.3, 0.4) is 0 Å². The molecule has 3 rings (SSSR count). The van der Waals surface area contributed by atoms with Crippen molar-refractivity contribution in [2.75, 3.05) is 26.3 Å². The number of aromatic amines is 1. The Morgan fingerprint density at radius 1 is 1.53 bits per heavy atom. The molecule has 1 saturated heterocycles. The van der Waals surface area contributed by atoms with Gasteiger partial charge in [-0.2, -0.15) is 0 Å². The number of rotatable bonds is 2. The minimum Gasteiger partial charge on any atom is -0.379 e. The third-order valence-corrected chi connectivity index (χ3v) is 3.43. The number of hydrogen-bond acceptors (Lipinski definition) is 4. The Bertz CT molecular complexity index is 600. The minimum absolute atomic E-state index is 0.232. The molecule has 4 N–H and O–H groups in total. The average molecular weight is 260 g/mol. The molecule has 1 atom stereocenters. The van der Waals surface area contributed by atoms with E-state index < -0.39 is 5.91 Å². The number of nitrogens with zero attached hydrogens (tertiary/aromatic N) is 1. The number of ether oxygens (including phenoxy) is 1. The summed E-state index contributed by atoms with van der Waals surface area (Å²) >= 11 is 0. The number of nitrogens with one attached hydrogen (secondary N) is 2. The van der Waals surface area contributed by atoms with Gasteiger partial charge in [0, 0.05) is 36.8 Å². The van der Waals surface area contributed by atoms with Crippen LogP contribution in [0.25, 0.3) is 10.9 Å². The molecule has 1 aliphatic rings. The zero-order valence-corrected chi connectivity index (χ0v) is 10.5. The van der Waals surface area contributed by atoms with Crippen LogP contribution < -0.4 is 11.1 Å². The lowest BCUT2D eigenvalue weighted by Gasteiger charge is -2.15. The monoisotopic (exact) mass is 260 g/mol. The first-order valence-corrected chi connectivity index (χ1v) is 6.31. The molecule has 3 heterocycles. The van der Waals surface area contributed by atoms with Crippen LogP contribution >= 0.6 is 0 Å². The van der Waals surface area contributed by atoms with Gasteiger partial charge in [0.05, 0.1) is 18.7 Å². The van der Waals surface area contributed by atoms with Crippen molar-refractivity contribution < 1.29 is 9.53 Å². The van der Waals surface area contributed by atoms with Crippen LogP contribution in [0.1, 0.15) is 22.0 Å². The lowest BCUT2D eigenvalue weighted by molar-refractivity contribution is 0.0997. The summed E-state index contributed by atoms with van der Waals surface area (Å²) in [6, 6.07) is 1.95. The molecule has 0 bridgehead atoms. The van der Waals surface area contributed by atoms with E-state index in [1.54, 1.807) is 12.4 Å². The van der Waals surface area contributed by atoms with Gasteiger partial charge in [0.2, 0.25) is 0 Å². The van der Waals surface area contributed by atoms with Crippen molar-refractivity contribution in [2.45, 2.75) is 5.92 Å². The number of nitrogens with two attached hydrogens (primary N) is 1. The second-order valence-corrected chi connectivity index (χ2v) is 4.67. The fourth-order valence-corrected chi connectivity index (χ4v) is 2.49. The molecule has 0 spiro atoms. The maximum absolute atomic E-state index is 11.4. The molecular formula is C13H16N4O2. The Kier molecular flexibility index (Phi) is 3.18. The fraction of sp³-hybridized carbons (Fsp3) is 0.385. The standard InChI is InChI=1S/C13H16N4O2/c14-13(18)12-11-9(1-2-16-11)10(6-17-12)8-5-15-3-4-19-7-8/h1-2,6,8,15-16H,3-5,7H2,(H2,14,18)/t8-/m0/s1. The molecule has 100 valence electrons. The molecule has 1 aliphatic heterocycles. The maximum Gasteiger partial charge on any atom is 0.269 e. The summed E-state index contributed by atoms with van der Waals surface area (Å²) in [7, 11) is 0. The molecule has 0 saturated carbocycles. The summed E-state index contributed by atoms with van der Waals surface area (Å²) in [5, 5.41) is 4.32. The summed E-state index contributed by atoms with van der Waals surface area (Å²) in [6.07, 6.45) is 3.53. The van der Waals surface area contributed by atoms with Gasteiger partial charge in [0.1, 0.15) is 0 Å². The molecule has 1 amide bonds. The van der Waals surface area contributed by atoms with E-state index in [0.717, 1.165) is 30.6 Å². The van der Waals surface area contributed by atoms with Crippen molar-refractivity contribution in [3.63, 3.8) is 0 Å². The molecule has 0 aromatic carbocycles. The first kappa shape index (κ1) is 12.1. The van der Waals surface area contributed by atoms with E-state index >= 15 is 0 Å². The SMILES string of the molecule is NC(=O)c1ncc([C@H]2CNCCOC2)c2cc[nH]c12. The van der Waals surface area contributed by atoms with E-state index in [2.05, 4.69) is 15.3 Å². The lowest BCUT2D eigenvalue weighted by Crippen LogP contribution is -2.22. The number of H-pyrrole nitrogens is 1. The summed E-state index contributed by atoms with van der Waals surface area (Å²) in [6.45, 7) is 3.09. The van der Waals surface area contributed by atoms with Gasteiger partial charge < -0.3 is 20.8 Å². The maximum atomic E-state index is 11.4. The van der Waals surface area contributed by atoms with Gasteiger partial charge in [-0.25, -0.2) is 4.98 Å². The van der Waals surface area contributed by atoms with Crippen LogP contribution in [0.4, 0.5) is 0 Å². The van der Waals surface area contributed by atoms with Gasteiger partial charge in [0.15, 0.2) is 5.69 Å². The molecule has 6 nitrogen and oxygen atoms in total. The van der Waals surface area contributed by atoms with Gasteiger partial charge in [-0.05, 0) is 11.6 Å². The predicted octanol–water partition coefficient (Wildman–Crippen LogP) is 0.365. The molecule has 6 heteroatoms. The van der Waals surface area contributed by atoms with Crippen molar-refractivity contribution in [1.29, 1.82) is 0 Å². The number of carbonyl (C=O) groups is 1. The molecular weight excluding hydrogens is 244 g/mol. The summed E-state index contributed by atoms with van der Waals surface area (Å²) in [5.74, 6) is -0.288. The van der Waals surface area contributed by atoms with Crippen LogP contribution in [-0.2, 0) is 4.74 Å². The Morgan fingerprint density at radius 2 is 2.42 bits per heavy atom. The number of amides is 1. The summed E-state index contributed by atoms with van der Waals surface area (Å²) < 4.78 is 5.57. The molecule has 0 unspecified atom stereocenters. The smallest absolute Gasteiger partial charge is 0.269 e. The lowest BCUT2D eigenvalue weighted by atomic mass is 9.98. The Labute approximate surface area is 110 Å². The Morgan fingerprint density at radius 3 is 3.26 bits per heavy atom. The predicted molar refractivity (Wildman–Crippen MR) is 71.0 cm³/mol. The highest BCUT2D eigenvalue weighted by molar-refractivity contribution is 6.03. The Balaban J connectivity index is 2.06. The van der Waals surface area contributed by atoms with Crippen molar-refractivity contribution in [3.05, 3.63) is 29.7 Å². The van der Waals surface area contributed by atoms with Crippen molar-refractivity contribution in [2.24, 2.45) is 5.73 Å². The quantitative estimate of drug-likeness (QED) is 0.727. The van der Waals surface area contributed by atoms with Crippen molar-refractivity contribution in [1.82, 2.24) is 15.3 Å². The van der Waals surface area contributed by atoms with Crippen LogP contribution in [-0.4, -0.2) is 42.2 Å². The second kappa shape index (κ2) is 4.99. The van der Waals surface area contributed by atoms with E-state index in [1.165, 1.54) is 0 Å². The van der Waals surface area contributed by atoms with E-state index in [4.69, 9.17) is 10.5 Å². The van der Waals surface area contributed by atoms with Gasteiger partial charge in [-0.15, -0.1) is 0 Å². The minimum atomic E-state index is -0.519. The highest BCUT2D eigenvalue weighted by Gasteiger charge is 2.20. The van der Waals surface area contributed by atoms with Crippen LogP contribution in [0.5, 0.6) is 0 Å². The topological polar surface area (TPSA) is 93.0 Å². The van der Waals surface area contributed by atoms with Crippen LogP contribution in [0.2, 0.25) is 0 Å². The number of primary amides is 1. The first-order valence-electron chi connectivity index (χ1n) is 6.31. The highest BCUT2D eigenvalue weighted by Crippen LogP contribution is 2.26. The van der Waals surface area contributed by atoms with E-state index in [9.17, 15) is 4.79 Å². The third kappa shape index (κ3) is 2.20. The molecule has 0 aliphatic carbocycles. The summed E-state index contributed by atoms with van der Waals surface area (Å²) in [4.78, 5) is 18.6. The number of hydrogen-bond donors (Lipinski definition) is 3. The number of carbonyl (C=O) groups excluding carboxylic acids is 1. The molecule has 19 heavy (non-hydrogen) atoms. The molecule has 2 aromatic rings. The molecule has 1 fully saturated rings. The van der Waals surface area contributed by atoms with E-state index in [-0.39, 0.29) is 11.6 Å². The third-order valence-electron chi connectivity index (χ3n) is 3.43. The molecule has 0 radical (unpaired) electrons. The summed E-state index contributed by atoms with van der Waals surface area (Å²) in [5.41, 5.74) is 7.40. The van der Waals surface area contributed by atoms with Crippen molar-refractivity contribution >= 4 is 16.8 Å². The second-order valence-electron chi connectivity index (χ2n) is 4.67. The number of fused-ring (bicyclic) bond motifs is 1. The number of pyridine rings is 1. The van der Waals surface area contributed by atoms with E-state index in [0.29, 0.717) is 12.1 Å². The average Bonchev–Trinajstić information content (AvgIpc) is 2.73. The zero-order chi connectivity index (χ0) is 13.2. The van der Waals surface area contributed by atoms with Gasteiger partial charge in [-0.1, -0.05) is 0 Å². The van der Waals surface area contributed by atoms with E-state index in [1.807, 2.05) is 6.07 Å². The first-order chi connectivity index (χ1) is 9.27. The normalized spacial score (nSPS) is 20.3. The van der Waals surface area contributed by atoms with Gasteiger partial charge in [0.25, 0.3) is 5.91 Å². The van der Waals surface area contributed by atoms with Gasteiger partial charge in [-0.3, -0.25) is 4.79 Å². The van der Waals surface area contributed by atoms with Crippen LogP contribution in [0, 0.1) is 0 Å². The van der Waals surface area contributed by atoms with Gasteiger partial charge >= 0.3 is 0 Å². The Hall–Kier alpha value is -1.92. The zero-order valence-electron chi connectivity index (χ0n) is 10.5. The molecule has 2 aromatic heterocycles. The highest BCUT2D eigenvalue weighted by atomic mass is 16.5. The van der Waals surface area contributed by atoms with Crippen LogP contribution in [0.15, 0.2) is 18.5 Å².